The van der Waals surface area contributed by atoms with Crippen molar-refractivity contribution in [2.75, 3.05) is 4.90 Å². The Morgan fingerprint density at radius 1 is 0.276 bits per heavy atom. The van der Waals surface area contributed by atoms with Crippen LogP contribution in [0.4, 0.5) is 17.1 Å². The second-order valence-corrected chi connectivity index (χ2v) is 14.9. The Kier molecular flexibility index (Phi) is 8.19. The Labute approximate surface area is 337 Å². The van der Waals surface area contributed by atoms with E-state index in [9.17, 15) is 0 Å². The highest BCUT2D eigenvalue weighted by molar-refractivity contribution is 6.10. The minimum absolute atomic E-state index is 0.893. The number of hydrogen-bond acceptors (Lipinski definition) is 2. The van der Waals surface area contributed by atoms with Crippen molar-refractivity contribution >= 4 is 60.5 Å². The summed E-state index contributed by atoms with van der Waals surface area (Å²) in [7, 11) is 0. The van der Waals surface area contributed by atoms with Gasteiger partial charge in [-0.25, -0.2) is 0 Å². The summed E-state index contributed by atoms with van der Waals surface area (Å²) in [5.74, 6) is 0. The summed E-state index contributed by atoms with van der Waals surface area (Å²) in [6.07, 6.45) is 0. The van der Waals surface area contributed by atoms with E-state index in [1.54, 1.807) is 0 Å². The first-order valence-corrected chi connectivity index (χ1v) is 19.8. The minimum atomic E-state index is 0.893. The lowest BCUT2D eigenvalue weighted by Crippen LogP contribution is -2.09. The van der Waals surface area contributed by atoms with Crippen LogP contribution in [0.2, 0.25) is 0 Å². The van der Waals surface area contributed by atoms with E-state index in [4.69, 9.17) is 4.42 Å². The Balaban J connectivity index is 0.987. The van der Waals surface area contributed by atoms with Gasteiger partial charge in [-0.2, -0.15) is 0 Å². The zero-order valence-corrected chi connectivity index (χ0v) is 31.7. The maximum atomic E-state index is 6.49. The molecule has 0 N–H and O–H groups in total. The first kappa shape index (κ1) is 33.6. The molecule has 11 aromatic rings. The van der Waals surface area contributed by atoms with Crippen molar-refractivity contribution in [1.82, 2.24) is 0 Å². The zero-order valence-electron chi connectivity index (χ0n) is 31.7. The van der Waals surface area contributed by atoms with E-state index in [1.165, 1.54) is 43.8 Å². The fourth-order valence-corrected chi connectivity index (χ4v) is 8.51. The van der Waals surface area contributed by atoms with Crippen molar-refractivity contribution in [3.8, 4) is 44.5 Å². The van der Waals surface area contributed by atoms with Crippen LogP contribution in [-0.4, -0.2) is 0 Å². The molecule has 0 spiro atoms. The fraction of sp³-hybridized carbons (Fsp3) is 0. The summed E-state index contributed by atoms with van der Waals surface area (Å²) < 4.78 is 6.49. The Morgan fingerprint density at radius 2 is 0.776 bits per heavy atom. The zero-order chi connectivity index (χ0) is 38.4. The monoisotopic (exact) mass is 739 g/mol. The van der Waals surface area contributed by atoms with E-state index in [0.717, 1.165) is 61.3 Å². The molecule has 272 valence electrons. The molecule has 0 saturated carbocycles. The molecule has 0 amide bonds. The molecule has 0 radical (unpaired) electrons. The lowest BCUT2D eigenvalue weighted by Gasteiger charge is -2.26. The van der Waals surface area contributed by atoms with Crippen molar-refractivity contribution in [2.24, 2.45) is 0 Å². The first-order chi connectivity index (χ1) is 28.7. The number of anilines is 3. The number of rotatable bonds is 7. The second-order valence-electron chi connectivity index (χ2n) is 14.9. The van der Waals surface area contributed by atoms with Crippen molar-refractivity contribution in [3.05, 3.63) is 224 Å². The molecular formula is C56H37NO. The van der Waals surface area contributed by atoms with E-state index in [1.807, 2.05) is 6.07 Å². The molecule has 0 fully saturated rings. The van der Waals surface area contributed by atoms with Crippen molar-refractivity contribution in [2.45, 2.75) is 0 Å². The van der Waals surface area contributed by atoms with Crippen LogP contribution in [0.15, 0.2) is 229 Å². The number of hydrogen-bond donors (Lipinski definition) is 0. The highest BCUT2D eigenvalue weighted by Crippen LogP contribution is 2.42. The third-order valence-electron chi connectivity index (χ3n) is 11.4. The van der Waals surface area contributed by atoms with Gasteiger partial charge in [0.05, 0.1) is 0 Å². The lowest BCUT2D eigenvalue weighted by atomic mass is 9.91. The third-order valence-corrected chi connectivity index (χ3v) is 11.4. The predicted molar refractivity (Wildman–Crippen MR) is 245 cm³/mol. The molecule has 1 aromatic heterocycles. The predicted octanol–water partition coefficient (Wildman–Crippen LogP) is 16.0. The van der Waals surface area contributed by atoms with Crippen molar-refractivity contribution in [3.63, 3.8) is 0 Å². The van der Waals surface area contributed by atoms with Crippen LogP contribution in [0.1, 0.15) is 0 Å². The van der Waals surface area contributed by atoms with Crippen LogP contribution >= 0.6 is 0 Å². The normalized spacial score (nSPS) is 11.4. The van der Waals surface area contributed by atoms with Gasteiger partial charge in [-0.3, -0.25) is 0 Å². The summed E-state index contributed by atoms with van der Waals surface area (Å²) in [4.78, 5) is 2.36. The number of nitrogens with zero attached hydrogens (tertiary/aromatic N) is 1. The highest BCUT2D eigenvalue weighted by Gasteiger charge is 2.17. The van der Waals surface area contributed by atoms with Crippen LogP contribution in [0.25, 0.3) is 88.0 Å². The van der Waals surface area contributed by atoms with Gasteiger partial charge in [0, 0.05) is 33.4 Å². The molecule has 10 aromatic carbocycles. The van der Waals surface area contributed by atoms with E-state index < -0.39 is 0 Å². The SMILES string of the molecule is c1ccc(-c2cc3ccccc3cc2-c2ccc(N(c3ccc(-c4ccc5oc6c(-c7ccccc7)cccc6c5c4)cc3)c3ccc4ccccc4c3)cc2)cc1. The Hall–Kier alpha value is -7.68. The van der Waals surface area contributed by atoms with Crippen molar-refractivity contribution in [1.29, 1.82) is 0 Å². The average Bonchev–Trinajstić information content (AvgIpc) is 3.68. The quantitative estimate of drug-likeness (QED) is 0.162. The van der Waals surface area contributed by atoms with E-state index >= 15 is 0 Å². The molecule has 11 rings (SSSR count). The minimum Gasteiger partial charge on any atom is -0.455 e. The van der Waals surface area contributed by atoms with Gasteiger partial charge < -0.3 is 9.32 Å². The lowest BCUT2D eigenvalue weighted by molar-refractivity contribution is 0.670. The van der Waals surface area contributed by atoms with E-state index in [2.05, 4.69) is 223 Å². The summed E-state index contributed by atoms with van der Waals surface area (Å²) in [6, 6.07) is 80.7. The van der Waals surface area contributed by atoms with Crippen LogP contribution in [0.3, 0.4) is 0 Å². The second kappa shape index (κ2) is 14.1. The first-order valence-electron chi connectivity index (χ1n) is 19.8. The molecule has 0 bridgehead atoms. The molecule has 0 saturated heterocycles. The summed E-state index contributed by atoms with van der Waals surface area (Å²) >= 11 is 0. The molecule has 2 nitrogen and oxygen atoms in total. The third kappa shape index (κ3) is 6.00. The molecule has 0 atom stereocenters. The number of furan rings is 1. The summed E-state index contributed by atoms with van der Waals surface area (Å²) in [5.41, 5.74) is 14.5. The fourth-order valence-electron chi connectivity index (χ4n) is 8.51. The van der Waals surface area contributed by atoms with Gasteiger partial charge in [0.2, 0.25) is 0 Å². The van der Waals surface area contributed by atoms with E-state index in [0.29, 0.717) is 0 Å². The molecule has 0 aliphatic rings. The molecule has 58 heavy (non-hydrogen) atoms. The van der Waals surface area contributed by atoms with Gasteiger partial charge in [-0.15, -0.1) is 0 Å². The highest BCUT2D eigenvalue weighted by atomic mass is 16.3. The molecule has 0 aliphatic heterocycles. The van der Waals surface area contributed by atoms with Crippen LogP contribution in [0.5, 0.6) is 0 Å². The van der Waals surface area contributed by atoms with Gasteiger partial charge in [0.25, 0.3) is 0 Å². The van der Waals surface area contributed by atoms with Gasteiger partial charge in [0.15, 0.2) is 0 Å². The van der Waals surface area contributed by atoms with Crippen LogP contribution in [0, 0.1) is 0 Å². The van der Waals surface area contributed by atoms with Gasteiger partial charge in [0.1, 0.15) is 11.2 Å². The van der Waals surface area contributed by atoms with Crippen molar-refractivity contribution < 1.29 is 4.42 Å². The average molecular weight is 740 g/mol. The maximum Gasteiger partial charge on any atom is 0.143 e. The van der Waals surface area contributed by atoms with Gasteiger partial charge in [-0.05, 0) is 121 Å². The van der Waals surface area contributed by atoms with E-state index in [-0.39, 0.29) is 0 Å². The van der Waals surface area contributed by atoms with Crippen LogP contribution < -0.4 is 4.90 Å². The molecule has 0 aliphatic carbocycles. The maximum absolute atomic E-state index is 6.49. The molecule has 0 unspecified atom stereocenters. The number of para-hydroxylation sites is 1. The molecule has 1 heterocycles. The number of benzene rings is 10. The standard InChI is InChI=1S/C56H37NO/c1-3-13-40(14-4-1)50-20-11-21-51-54-37-46(27-33-55(54)58-56(50)51)39-22-28-47(29-23-39)57(49-32-24-38-12-7-8-17-43(38)34-49)48-30-25-42(26-31-48)53-36-45-19-10-9-18-44(45)35-52(53)41-15-5-2-6-16-41/h1-37H. The van der Waals surface area contributed by atoms with Gasteiger partial charge in [-0.1, -0.05) is 164 Å². The van der Waals surface area contributed by atoms with Crippen LogP contribution in [-0.2, 0) is 0 Å². The molecular weight excluding hydrogens is 703 g/mol. The summed E-state index contributed by atoms with van der Waals surface area (Å²) in [5, 5.41) is 7.14. The smallest absolute Gasteiger partial charge is 0.143 e. The van der Waals surface area contributed by atoms with Gasteiger partial charge >= 0.3 is 0 Å². The number of fused-ring (bicyclic) bond motifs is 5. The summed E-state index contributed by atoms with van der Waals surface area (Å²) in [6.45, 7) is 0. The molecule has 2 heteroatoms. The largest absolute Gasteiger partial charge is 0.455 e. The Morgan fingerprint density at radius 3 is 1.41 bits per heavy atom. The topological polar surface area (TPSA) is 16.4 Å². The Bertz CT molecular complexity index is 3250.